The maximum atomic E-state index is 13.3. The zero-order chi connectivity index (χ0) is 30.2. The molecule has 0 unspecified atom stereocenters. The van der Waals surface area contributed by atoms with Gasteiger partial charge in [0.15, 0.2) is 23.2 Å². The van der Waals surface area contributed by atoms with Crippen molar-refractivity contribution in [3.63, 3.8) is 0 Å². The molecule has 1 saturated carbocycles. The Balaban J connectivity index is 1.20. The number of rotatable bonds is 8. The highest BCUT2D eigenvalue weighted by molar-refractivity contribution is 8.00. The molecule has 0 aromatic carbocycles. The lowest BCUT2D eigenvalue weighted by atomic mass is 10.0. The molecule has 2 saturated heterocycles. The van der Waals surface area contributed by atoms with Gasteiger partial charge in [0, 0.05) is 29.3 Å². The van der Waals surface area contributed by atoms with E-state index in [0.717, 1.165) is 42.7 Å². The van der Waals surface area contributed by atoms with Crippen molar-refractivity contribution >= 4 is 63.3 Å². The minimum Gasteiger partial charge on any atom is -0.477 e. The molecule has 0 bridgehead atoms. The van der Waals surface area contributed by atoms with E-state index in [1.54, 1.807) is 16.4 Å². The van der Waals surface area contributed by atoms with Gasteiger partial charge in [0.05, 0.1) is 0 Å². The Hall–Kier alpha value is -4.24. The SMILES string of the molecule is C[n+]1cccc(N2CCC(=CC3=C(C(=O)O)N4C(=O)[C@@H](NC(=O)/C(=N\OC5CCCC5)c5csc(N)n5)[C@H]4SC3)C2=O)c1. The summed E-state index contributed by atoms with van der Waals surface area (Å²) in [4.78, 5) is 64.8. The summed E-state index contributed by atoms with van der Waals surface area (Å²) in [5, 5.41) is 18.1. The Bertz CT molecular complexity index is 1600. The molecule has 2 atom stereocenters. The van der Waals surface area contributed by atoms with Gasteiger partial charge in [-0.05, 0) is 49.8 Å². The first kappa shape index (κ1) is 28.9. The molecule has 0 spiro atoms. The normalized spacial score (nSPS) is 23.6. The molecular weight excluding hydrogens is 594 g/mol. The number of aryl methyl sites for hydroxylation is 1. The van der Waals surface area contributed by atoms with Crippen molar-refractivity contribution < 1.29 is 33.7 Å². The van der Waals surface area contributed by atoms with Gasteiger partial charge in [-0.3, -0.25) is 19.3 Å². The van der Waals surface area contributed by atoms with Crippen LogP contribution in [0.3, 0.4) is 0 Å². The molecule has 43 heavy (non-hydrogen) atoms. The van der Waals surface area contributed by atoms with Gasteiger partial charge in [0.2, 0.25) is 0 Å². The smallest absolute Gasteiger partial charge is 0.352 e. The predicted molar refractivity (Wildman–Crippen MR) is 159 cm³/mol. The van der Waals surface area contributed by atoms with Gasteiger partial charge in [0.1, 0.15) is 41.6 Å². The van der Waals surface area contributed by atoms with Crippen molar-refractivity contribution in [2.75, 3.05) is 22.9 Å². The lowest BCUT2D eigenvalue weighted by Gasteiger charge is -2.49. The maximum absolute atomic E-state index is 13.3. The van der Waals surface area contributed by atoms with Crippen LogP contribution in [0.4, 0.5) is 10.8 Å². The number of anilines is 2. The van der Waals surface area contributed by atoms with Gasteiger partial charge in [0.25, 0.3) is 17.7 Å². The first-order valence-corrected chi connectivity index (χ1v) is 15.8. The monoisotopic (exact) mass is 624 g/mol. The zero-order valence-corrected chi connectivity index (χ0v) is 24.9. The average Bonchev–Trinajstić information content (AvgIpc) is 3.74. The second kappa shape index (κ2) is 11.8. The van der Waals surface area contributed by atoms with Crippen molar-refractivity contribution in [1.29, 1.82) is 0 Å². The number of carbonyl (C=O) groups excluding carboxylic acids is 3. The minimum atomic E-state index is -1.28. The van der Waals surface area contributed by atoms with E-state index in [2.05, 4.69) is 15.5 Å². The standard InChI is InChI=1S/C28H29N7O6S2/c1-33-9-4-5-17(12-33)34-10-8-15(24(34)37)11-16-13-42-26-21(25(38)35(26)22(16)27(39)40)31-23(36)20(19-14-43-28(29)30-19)32-41-18-6-2-3-7-18/h4-5,9,11-12,14,18,21,26H,2-3,6-8,10,13H2,1H3,(H3-,29,30,31,36,39,40)/p+1/b15-11?,32-20-/t21-,26-/m1/s1. The highest BCUT2D eigenvalue weighted by Crippen LogP contribution is 2.41. The number of amides is 3. The van der Waals surface area contributed by atoms with Gasteiger partial charge >= 0.3 is 5.97 Å². The van der Waals surface area contributed by atoms with Gasteiger partial charge < -0.3 is 25.9 Å². The summed E-state index contributed by atoms with van der Waals surface area (Å²) in [6, 6.07) is 2.72. The fourth-order valence-electron chi connectivity index (χ4n) is 5.62. The van der Waals surface area contributed by atoms with Crippen LogP contribution in [-0.4, -0.2) is 74.2 Å². The Morgan fingerprint density at radius 3 is 2.79 bits per heavy atom. The molecule has 2 aromatic heterocycles. The van der Waals surface area contributed by atoms with Crippen LogP contribution in [0.15, 0.2) is 58.0 Å². The summed E-state index contributed by atoms with van der Waals surface area (Å²) in [6.45, 7) is 0.468. The molecule has 4 N–H and O–H groups in total. The molecule has 4 aliphatic rings. The number of allylic oxidation sites excluding steroid dienone is 1. The number of pyridine rings is 1. The van der Waals surface area contributed by atoms with E-state index in [4.69, 9.17) is 10.6 Å². The number of hydrogen-bond acceptors (Lipinski definition) is 10. The van der Waals surface area contributed by atoms with Crippen molar-refractivity contribution in [3.05, 3.63) is 58.5 Å². The first-order valence-electron chi connectivity index (χ1n) is 13.9. The quantitative estimate of drug-likeness (QED) is 0.129. The highest BCUT2D eigenvalue weighted by Gasteiger charge is 2.54. The number of nitrogens with two attached hydrogens (primary N) is 1. The number of nitrogen functional groups attached to an aromatic ring is 1. The highest BCUT2D eigenvalue weighted by atomic mass is 32.2. The molecule has 3 aliphatic heterocycles. The summed E-state index contributed by atoms with van der Waals surface area (Å²) in [5.41, 5.74) is 7.33. The molecule has 3 amide bonds. The van der Waals surface area contributed by atoms with Gasteiger partial charge in [-0.2, -0.15) is 0 Å². The molecule has 2 aromatic rings. The van der Waals surface area contributed by atoms with E-state index in [0.29, 0.717) is 24.1 Å². The number of β-lactam (4-membered cyclic amide) rings is 1. The lowest BCUT2D eigenvalue weighted by Crippen LogP contribution is -2.71. The Labute approximate surface area is 255 Å². The number of carboxylic acids is 1. The number of hydrogen-bond donors (Lipinski definition) is 3. The van der Waals surface area contributed by atoms with Gasteiger partial charge in [-0.1, -0.05) is 5.16 Å². The third-order valence-electron chi connectivity index (χ3n) is 7.77. The lowest BCUT2D eigenvalue weighted by molar-refractivity contribution is -0.670. The van der Waals surface area contributed by atoms with Gasteiger partial charge in [-0.15, -0.1) is 23.1 Å². The number of aliphatic carboxylic acids is 1. The molecule has 3 fully saturated rings. The van der Waals surface area contributed by atoms with E-state index in [-0.39, 0.29) is 40.0 Å². The number of thiazole rings is 1. The molecule has 224 valence electrons. The van der Waals surface area contributed by atoms with Gasteiger partial charge in [-0.25, -0.2) is 14.3 Å². The average molecular weight is 625 g/mol. The molecular formula is C28H30N7O6S2+. The van der Waals surface area contributed by atoms with Crippen molar-refractivity contribution in [1.82, 2.24) is 15.2 Å². The maximum Gasteiger partial charge on any atom is 0.352 e. The molecule has 1 aliphatic carbocycles. The minimum absolute atomic E-state index is 0.0948. The third kappa shape index (κ3) is 5.61. The number of carbonyl (C=O) groups is 4. The van der Waals surface area contributed by atoms with E-state index < -0.39 is 29.2 Å². The summed E-state index contributed by atoms with van der Waals surface area (Å²) >= 11 is 2.46. The largest absolute Gasteiger partial charge is 0.477 e. The van der Waals surface area contributed by atoms with Crippen LogP contribution in [0, 0.1) is 0 Å². The third-order valence-corrected chi connectivity index (χ3v) is 9.75. The fraction of sp³-hybridized carbons (Fsp3) is 0.393. The molecule has 5 heterocycles. The van der Waals surface area contributed by atoms with E-state index in [1.165, 1.54) is 16.7 Å². The predicted octanol–water partition coefficient (Wildman–Crippen LogP) is 1.32. The Kier molecular flexibility index (Phi) is 7.92. The number of thioether (sulfide) groups is 1. The number of nitrogens with zero attached hydrogens (tertiary/aromatic N) is 5. The second-order valence-electron chi connectivity index (χ2n) is 10.7. The number of aromatic nitrogens is 2. The molecule has 15 heteroatoms. The Morgan fingerprint density at radius 1 is 1.30 bits per heavy atom. The van der Waals surface area contributed by atoms with Crippen molar-refractivity contribution in [3.8, 4) is 0 Å². The fourth-order valence-corrected chi connectivity index (χ4v) is 7.48. The van der Waals surface area contributed by atoms with Crippen LogP contribution >= 0.6 is 23.1 Å². The van der Waals surface area contributed by atoms with Crippen LogP contribution in [0.25, 0.3) is 0 Å². The number of oxime groups is 1. The summed E-state index contributed by atoms with van der Waals surface area (Å²) in [7, 11) is 1.87. The van der Waals surface area contributed by atoms with Crippen LogP contribution in [-0.2, 0) is 31.1 Å². The molecule has 6 rings (SSSR count). The topological polar surface area (TPSA) is 171 Å². The van der Waals surface area contributed by atoms with Crippen LogP contribution < -0.4 is 20.5 Å². The van der Waals surface area contributed by atoms with Crippen LogP contribution in [0.1, 0.15) is 37.8 Å². The van der Waals surface area contributed by atoms with Crippen LogP contribution in [0.2, 0.25) is 0 Å². The first-order chi connectivity index (χ1) is 20.7. The van der Waals surface area contributed by atoms with E-state index >= 15 is 0 Å². The van der Waals surface area contributed by atoms with E-state index in [1.807, 2.05) is 36.1 Å². The Morgan fingerprint density at radius 2 is 2.09 bits per heavy atom. The summed E-state index contributed by atoms with van der Waals surface area (Å²) < 4.78 is 1.85. The molecule has 13 nitrogen and oxygen atoms in total. The number of nitrogens with one attached hydrogen (secondary N) is 1. The molecule has 0 radical (unpaired) electrons. The van der Waals surface area contributed by atoms with Crippen molar-refractivity contribution in [2.45, 2.75) is 49.6 Å². The second-order valence-corrected chi connectivity index (χ2v) is 12.7. The number of fused-ring (bicyclic) bond motifs is 1. The zero-order valence-electron chi connectivity index (χ0n) is 23.3. The van der Waals surface area contributed by atoms with Crippen LogP contribution in [0.5, 0.6) is 0 Å². The summed E-state index contributed by atoms with van der Waals surface area (Å²) in [5.74, 6) is -2.47. The van der Waals surface area contributed by atoms with Crippen molar-refractivity contribution in [2.24, 2.45) is 12.2 Å². The van der Waals surface area contributed by atoms with E-state index in [9.17, 15) is 24.3 Å². The number of carboxylic acid groups (broad SMARTS) is 1. The summed E-state index contributed by atoms with van der Waals surface area (Å²) in [6.07, 6.45) is 9.37.